The van der Waals surface area contributed by atoms with Gasteiger partial charge < -0.3 is 0 Å². The molecule has 1 aromatic carbocycles. The molecule has 0 radical (unpaired) electrons. The molecule has 3 aromatic rings. The van der Waals surface area contributed by atoms with Gasteiger partial charge in [0.05, 0.1) is 11.6 Å². The monoisotopic (exact) mass is 434 g/mol. The van der Waals surface area contributed by atoms with E-state index in [4.69, 9.17) is 0 Å². The second-order valence-corrected chi connectivity index (χ2v) is 7.87. The average Bonchev–Trinajstić information content (AvgIpc) is 2.94. The van der Waals surface area contributed by atoms with Crippen LogP contribution in [0.2, 0.25) is 0 Å². The molecule has 0 unspecified atom stereocenters. The van der Waals surface area contributed by atoms with E-state index in [1.54, 1.807) is 17.7 Å². The first-order valence-corrected chi connectivity index (χ1v) is 9.51. The lowest BCUT2D eigenvalue weighted by Crippen LogP contribution is -2.00. The van der Waals surface area contributed by atoms with Gasteiger partial charge in [-0.3, -0.25) is 5.43 Å². The van der Waals surface area contributed by atoms with Crippen LogP contribution in [0.4, 0.5) is 5.82 Å². The van der Waals surface area contributed by atoms with E-state index in [0.29, 0.717) is 0 Å². The predicted molar refractivity (Wildman–Crippen MR) is 104 cm³/mol. The van der Waals surface area contributed by atoms with Gasteiger partial charge in [-0.15, -0.1) is 11.3 Å². The molecule has 23 heavy (non-hydrogen) atoms. The summed E-state index contributed by atoms with van der Waals surface area (Å²) in [5, 5.41) is 5.53. The maximum Gasteiger partial charge on any atom is 0.158 e. The summed E-state index contributed by atoms with van der Waals surface area (Å²) >= 11 is 4.10. The van der Waals surface area contributed by atoms with Crippen molar-refractivity contribution in [2.24, 2.45) is 5.10 Å². The van der Waals surface area contributed by atoms with Crippen LogP contribution in [0, 0.1) is 3.57 Å². The Kier molecular flexibility index (Phi) is 4.26. The summed E-state index contributed by atoms with van der Waals surface area (Å²) in [6.45, 7) is 0. The Labute approximate surface area is 152 Å². The Morgan fingerprint density at radius 3 is 3.04 bits per heavy atom. The Hall–Kier alpha value is -1.54. The van der Waals surface area contributed by atoms with Crippen molar-refractivity contribution in [3.8, 4) is 0 Å². The third kappa shape index (κ3) is 3.10. The van der Waals surface area contributed by atoms with Crippen LogP contribution in [0.5, 0.6) is 0 Å². The molecule has 0 spiro atoms. The van der Waals surface area contributed by atoms with Gasteiger partial charge in [0.15, 0.2) is 5.82 Å². The molecule has 0 saturated carbocycles. The molecule has 0 bridgehead atoms. The molecule has 1 aliphatic rings. The summed E-state index contributed by atoms with van der Waals surface area (Å²) in [6.07, 6.45) is 8.27. The van der Waals surface area contributed by atoms with E-state index in [-0.39, 0.29) is 0 Å². The molecule has 2 heterocycles. The van der Waals surface area contributed by atoms with Gasteiger partial charge in [0.2, 0.25) is 0 Å². The summed E-state index contributed by atoms with van der Waals surface area (Å²) in [6, 6.07) is 8.22. The van der Waals surface area contributed by atoms with Crippen molar-refractivity contribution in [3.63, 3.8) is 0 Å². The Balaban J connectivity index is 1.65. The fourth-order valence-corrected chi connectivity index (χ4v) is 4.73. The maximum absolute atomic E-state index is 4.44. The number of nitrogens with one attached hydrogen (secondary N) is 1. The molecule has 1 N–H and O–H groups in total. The van der Waals surface area contributed by atoms with Gasteiger partial charge in [-0.25, -0.2) is 9.97 Å². The lowest BCUT2D eigenvalue weighted by Gasteiger charge is -2.11. The van der Waals surface area contributed by atoms with Gasteiger partial charge in [0, 0.05) is 8.45 Å². The number of hydrogen-bond acceptors (Lipinski definition) is 5. The number of aromatic nitrogens is 2. The van der Waals surface area contributed by atoms with Crippen LogP contribution in [-0.2, 0) is 12.8 Å². The molecule has 2 aromatic heterocycles. The van der Waals surface area contributed by atoms with Crippen LogP contribution >= 0.6 is 33.9 Å². The summed E-state index contributed by atoms with van der Waals surface area (Å²) in [4.78, 5) is 11.4. The van der Waals surface area contributed by atoms with Crippen molar-refractivity contribution in [3.05, 3.63) is 50.2 Å². The van der Waals surface area contributed by atoms with Crippen molar-refractivity contribution >= 4 is 56.2 Å². The number of hydrogen-bond donors (Lipinski definition) is 1. The first-order valence-electron chi connectivity index (χ1n) is 7.61. The molecule has 0 saturated heterocycles. The number of fused-ring (bicyclic) bond motifs is 3. The van der Waals surface area contributed by atoms with Gasteiger partial charge in [0.1, 0.15) is 11.2 Å². The summed E-state index contributed by atoms with van der Waals surface area (Å²) < 4.78 is 1.20. The Morgan fingerprint density at radius 2 is 2.13 bits per heavy atom. The van der Waals surface area contributed by atoms with E-state index in [1.807, 2.05) is 18.3 Å². The van der Waals surface area contributed by atoms with E-state index in [1.165, 1.54) is 33.3 Å². The SMILES string of the molecule is Ic1cccc(C=NNc2ncnc3sc4c(c23)CCCC4)c1. The van der Waals surface area contributed by atoms with Crippen molar-refractivity contribution < 1.29 is 0 Å². The highest BCUT2D eigenvalue weighted by Gasteiger charge is 2.19. The van der Waals surface area contributed by atoms with E-state index >= 15 is 0 Å². The fraction of sp³-hybridized carbons (Fsp3) is 0.235. The summed E-state index contributed by atoms with van der Waals surface area (Å²) in [5.41, 5.74) is 5.61. The normalized spacial score (nSPS) is 14.3. The van der Waals surface area contributed by atoms with E-state index in [2.05, 4.69) is 55.2 Å². The zero-order chi connectivity index (χ0) is 15.6. The number of rotatable bonds is 3. The second kappa shape index (κ2) is 6.52. The highest BCUT2D eigenvalue weighted by Crippen LogP contribution is 2.38. The lowest BCUT2D eigenvalue weighted by atomic mass is 9.97. The number of halogens is 1. The van der Waals surface area contributed by atoms with Crippen LogP contribution in [0.3, 0.4) is 0 Å². The largest absolute Gasteiger partial charge is 0.261 e. The minimum absolute atomic E-state index is 0.816. The first-order chi connectivity index (χ1) is 11.3. The first kappa shape index (κ1) is 15.0. The van der Waals surface area contributed by atoms with E-state index < -0.39 is 0 Å². The number of anilines is 1. The minimum Gasteiger partial charge on any atom is -0.261 e. The van der Waals surface area contributed by atoms with Gasteiger partial charge in [0.25, 0.3) is 0 Å². The maximum atomic E-state index is 4.44. The van der Waals surface area contributed by atoms with Crippen LogP contribution in [0.1, 0.15) is 28.8 Å². The topological polar surface area (TPSA) is 50.2 Å². The Bertz CT molecular complexity index is 887. The molecule has 0 amide bonds. The molecule has 6 heteroatoms. The number of thiophene rings is 1. The zero-order valence-corrected chi connectivity index (χ0v) is 15.4. The van der Waals surface area contributed by atoms with E-state index in [0.717, 1.165) is 28.0 Å². The third-order valence-electron chi connectivity index (χ3n) is 3.98. The van der Waals surface area contributed by atoms with Crippen LogP contribution in [0.15, 0.2) is 35.7 Å². The molecule has 1 aliphatic carbocycles. The predicted octanol–water partition coefficient (Wildman–Crippen LogP) is 4.62. The van der Waals surface area contributed by atoms with Gasteiger partial charge >= 0.3 is 0 Å². The molecule has 0 aliphatic heterocycles. The number of aryl methyl sites for hydroxylation is 2. The number of hydrazone groups is 1. The van der Waals surface area contributed by atoms with Crippen molar-refractivity contribution in [1.29, 1.82) is 0 Å². The van der Waals surface area contributed by atoms with Crippen LogP contribution in [-0.4, -0.2) is 16.2 Å². The molecule has 116 valence electrons. The van der Waals surface area contributed by atoms with Crippen molar-refractivity contribution in [2.45, 2.75) is 25.7 Å². The zero-order valence-electron chi connectivity index (χ0n) is 12.4. The van der Waals surface area contributed by atoms with E-state index in [9.17, 15) is 0 Å². The molecule has 0 fully saturated rings. The quantitative estimate of drug-likeness (QED) is 0.372. The number of benzene rings is 1. The standard InChI is InChI=1S/C17H15IN4S/c18-12-5-3-4-11(8-12)9-21-22-16-15-13-6-1-2-7-14(13)23-17(15)20-10-19-16/h3-5,8-10H,1-2,6-7H2,(H,19,20,22). The summed E-state index contributed by atoms with van der Waals surface area (Å²) in [5.74, 6) is 0.816. The summed E-state index contributed by atoms with van der Waals surface area (Å²) in [7, 11) is 0. The van der Waals surface area contributed by atoms with Crippen LogP contribution in [0.25, 0.3) is 10.2 Å². The molecule has 4 rings (SSSR count). The number of nitrogens with zero attached hydrogens (tertiary/aromatic N) is 3. The fourth-order valence-electron chi connectivity index (χ4n) is 2.93. The molecular formula is C17H15IN4S. The molecule has 4 nitrogen and oxygen atoms in total. The Morgan fingerprint density at radius 1 is 1.22 bits per heavy atom. The van der Waals surface area contributed by atoms with Crippen molar-refractivity contribution in [2.75, 3.05) is 5.43 Å². The molecular weight excluding hydrogens is 419 g/mol. The average molecular weight is 434 g/mol. The van der Waals surface area contributed by atoms with Crippen molar-refractivity contribution in [1.82, 2.24) is 9.97 Å². The molecule has 0 atom stereocenters. The van der Waals surface area contributed by atoms with Gasteiger partial charge in [-0.05, 0) is 71.5 Å². The highest BCUT2D eigenvalue weighted by atomic mass is 127. The highest BCUT2D eigenvalue weighted by molar-refractivity contribution is 14.1. The lowest BCUT2D eigenvalue weighted by molar-refractivity contribution is 0.700. The van der Waals surface area contributed by atoms with Gasteiger partial charge in [-0.1, -0.05) is 12.1 Å². The van der Waals surface area contributed by atoms with Gasteiger partial charge in [-0.2, -0.15) is 5.10 Å². The second-order valence-electron chi connectivity index (χ2n) is 5.54. The minimum atomic E-state index is 0.816. The smallest absolute Gasteiger partial charge is 0.158 e. The third-order valence-corrected chi connectivity index (χ3v) is 5.85. The van der Waals surface area contributed by atoms with Crippen LogP contribution < -0.4 is 5.43 Å².